The zero-order valence-corrected chi connectivity index (χ0v) is 20.9. The van der Waals surface area contributed by atoms with Crippen molar-refractivity contribution in [2.75, 3.05) is 13.1 Å². The number of hydrogen-bond acceptors (Lipinski definition) is 4. The molecule has 7 nitrogen and oxygen atoms in total. The molecule has 1 spiro atoms. The third-order valence-corrected chi connectivity index (χ3v) is 9.36. The zero-order chi connectivity index (χ0) is 24.1. The molecule has 0 bridgehead atoms. The molecule has 178 valence electrons. The molecule has 1 amide bonds. The number of piperidine rings is 1. The summed E-state index contributed by atoms with van der Waals surface area (Å²) >= 11 is 12.3. The quantitative estimate of drug-likeness (QED) is 0.569. The van der Waals surface area contributed by atoms with Crippen LogP contribution in [0, 0.1) is 0 Å². The fourth-order valence-electron chi connectivity index (χ4n) is 5.28. The molecule has 2 aliphatic rings. The van der Waals surface area contributed by atoms with Gasteiger partial charge >= 0.3 is 0 Å². The van der Waals surface area contributed by atoms with E-state index in [0.29, 0.717) is 48.0 Å². The van der Waals surface area contributed by atoms with Crippen LogP contribution in [0.5, 0.6) is 0 Å². The number of nitrogens with one attached hydrogen (secondary N) is 1. The second kappa shape index (κ2) is 8.68. The van der Waals surface area contributed by atoms with E-state index in [-0.39, 0.29) is 22.4 Å². The first-order chi connectivity index (χ1) is 16.2. The van der Waals surface area contributed by atoms with Gasteiger partial charge < -0.3 is 9.88 Å². The summed E-state index contributed by atoms with van der Waals surface area (Å²) in [5, 5.41) is 4.02. The van der Waals surface area contributed by atoms with Gasteiger partial charge in [0.1, 0.15) is 0 Å². The highest BCUT2D eigenvalue weighted by atomic mass is 35.5. The van der Waals surface area contributed by atoms with Crippen LogP contribution in [0.1, 0.15) is 34.3 Å². The van der Waals surface area contributed by atoms with E-state index in [2.05, 4.69) is 22.4 Å². The number of nitrogens with zero attached hydrogens (tertiary/aromatic N) is 3. The van der Waals surface area contributed by atoms with Crippen molar-refractivity contribution in [1.82, 2.24) is 19.2 Å². The third kappa shape index (κ3) is 3.92. The molecule has 2 aromatic carbocycles. The summed E-state index contributed by atoms with van der Waals surface area (Å²) in [4.78, 5) is 17.2. The van der Waals surface area contributed by atoms with Crippen LogP contribution in [0.4, 0.5) is 0 Å². The molecule has 2 heterocycles. The Kier molecular flexibility index (Phi) is 5.96. The first-order valence-corrected chi connectivity index (χ1v) is 13.2. The number of aromatic nitrogens is 2. The van der Waals surface area contributed by atoms with Gasteiger partial charge in [-0.15, -0.1) is 0 Å². The molecule has 5 rings (SSSR count). The van der Waals surface area contributed by atoms with E-state index in [0.717, 1.165) is 0 Å². The van der Waals surface area contributed by atoms with Crippen molar-refractivity contribution in [2.45, 2.75) is 35.7 Å². The van der Waals surface area contributed by atoms with Crippen molar-refractivity contribution in [3.63, 3.8) is 0 Å². The maximum absolute atomic E-state index is 13.2. The molecular weight excluding hydrogens is 495 g/mol. The SMILES string of the molecule is Cn1cnc(S(=O)(=O)N2CCC3(CC2)c2ccccc2C[C@H]3NC(=O)c2ccc(Cl)cc2Cl)c1. The predicted octanol–water partition coefficient (Wildman–Crippen LogP) is 3.80. The summed E-state index contributed by atoms with van der Waals surface area (Å²) < 4.78 is 29.3. The van der Waals surface area contributed by atoms with Gasteiger partial charge in [0.2, 0.25) is 0 Å². The number of carbonyl (C=O) groups is 1. The maximum Gasteiger partial charge on any atom is 0.262 e. The monoisotopic (exact) mass is 518 g/mol. The van der Waals surface area contributed by atoms with E-state index < -0.39 is 10.0 Å². The van der Waals surface area contributed by atoms with E-state index >= 15 is 0 Å². The number of hydrogen-bond donors (Lipinski definition) is 1. The first kappa shape index (κ1) is 23.4. The molecule has 1 fully saturated rings. The number of sulfonamides is 1. The van der Waals surface area contributed by atoms with Gasteiger partial charge in [-0.3, -0.25) is 4.79 Å². The van der Waals surface area contributed by atoms with Gasteiger partial charge in [-0.05, 0) is 48.6 Å². The van der Waals surface area contributed by atoms with Crippen LogP contribution in [-0.2, 0) is 28.9 Å². The molecule has 1 saturated heterocycles. The van der Waals surface area contributed by atoms with Crippen LogP contribution in [0.2, 0.25) is 10.0 Å². The summed E-state index contributed by atoms with van der Waals surface area (Å²) in [6.45, 7) is 0.697. The lowest BCUT2D eigenvalue weighted by Gasteiger charge is -2.43. The molecule has 34 heavy (non-hydrogen) atoms. The van der Waals surface area contributed by atoms with Crippen LogP contribution >= 0.6 is 23.2 Å². The van der Waals surface area contributed by atoms with Crippen molar-refractivity contribution in [2.24, 2.45) is 7.05 Å². The van der Waals surface area contributed by atoms with Crippen molar-refractivity contribution in [3.8, 4) is 0 Å². The van der Waals surface area contributed by atoms with Crippen molar-refractivity contribution >= 4 is 39.1 Å². The number of fused-ring (bicyclic) bond motifs is 2. The Hall–Kier alpha value is -2.39. The second-order valence-electron chi connectivity index (χ2n) is 8.95. The Morgan fingerprint density at radius 3 is 2.56 bits per heavy atom. The summed E-state index contributed by atoms with van der Waals surface area (Å²) in [6.07, 6.45) is 4.87. The van der Waals surface area contributed by atoms with Crippen molar-refractivity contribution in [3.05, 3.63) is 81.7 Å². The summed E-state index contributed by atoms with van der Waals surface area (Å²) in [7, 11) is -1.93. The maximum atomic E-state index is 13.2. The molecular formula is C24H24Cl2N4O3S. The first-order valence-electron chi connectivity index (χ1n) is 11.0. The highest BCUT2D eigenvalue weighted by molar-refractivity contribution is 7.89. The molecule has 10 heteroatoms. The minimum Gasteiger partial charge on any atom is -0.348 e. The third-order valence-electron chi connectivity index (χ3n) is 7.03. The van der Waals surface area contributed by atoms with Crippen LogP contribution in [0.3, 0.4) is 0 Å². The molecule has 0 radical (unpaired) electrons. The average molecular weight is 519 g/mol. The van der Waals surface area contributed by atoms with Gasteiger partial charge in [0, 0.05) is 42.8 Å². The molecule has 1 aliphatic carbocycles. The number of aryl methyl sites for hydroxylation is 1. The van der Waals surface area contributed by atoms with Gasteiger partial charge in [0.05, 0.1) is 16.9 Å². The minimum atomic E-state index is -3.67. The fraction of sp³-hybridized carbons (Fsp3) is 0.333. The number of rotatable bonds is 4. The normalized spacial score (nSPS) is 19.8. The molecule has 1 atom stereocenters. The fourth-order valence-corrected chi connectivity index (χ4v) is 7.19. The van der Waals surface area contributed by atoms with Gasteiger partial charge in [-0.2, -0.15) is 4.31 Å². The van der Waals surface area contributed by atoms with E-state index in [1.165, 1.54) is 28.0 Å². The summed E-state index contributed by atoms with van der Waals surface area (Å²) in [5.74, 6) is -0.262. The number of carbonyl (C=O) groups excluding carboxylic acids is 1. The van der Waals surface area contributed by atoms with Gasteiger partial charge in [0.15, 0.2) is 5.03 Å². The molecule has 0 unspecified atom stereocenters. The Morgan fingerprint density at radius 2 is 1.88 bits per heavy atom. The lowest BCUT2D eigenvalue weighted by atomic mass is 9.71. The van der Waals surface area contributed by atoms with Gasteiger partial charge in [-0.1, -0.05) is 47.5 Å². The van der Waals surface area contributed by atoms with Crippen LogP contribution in [0.15, 0.2) is 60.0 Å². The number of amides is 1. The topological polar surface area (TPSA) is 84.3 Å². The largest absolute Gasteiger partial charge is 0.348 e. The van der Waals surface area contributed by atoms with Crippen molar-refractivity contribution < 1.29 is 13.2 Å². The van der Waals surface area contributed by atoms with Crippen molar-refractivity contribution in [1.29, 1.82) is 0 Å². The molecule has 0 saturated carbocycles. The Bertz CT molecular complexity index is 1360. The zero-order valence-electron chi connectivity index (χ0n) is 18.5. The van der Waals surface area contributed by atoms with E-state index in [1.807, 2.05) is 12.1 Å². The second-order valence-corrected chi connectivity index (χ2v) is 11.7. The van der Waals surface area contributed by atoms with Gasteiger partial charge in [0.25, 0.3) is 15.9 Å². The number of benzene rings is 2. The highest BCUT2D eigenvalue weighted by Crippen LogP contribution is 2.47. The molecule has 1 aliphatic heterocycles. The van der Waals surface area contributed by atoms with E-state index in [1.54, 1.807) is 29.8 Å². The molecule has 1 N–H and O–H groups in total. The Balaban J connectivity index is 1.42. The van der Waals surface area contributed by atoms with E-state index in [9.17, 15) is 13.2 Å². The molecule has 1 aromatic heterocycles. The number of imidazole rings is 1. The lowest BCUT2D eigenvalue weighted by molar-refractivity contribution is 0.0897. The predicted molar refractivity (Wildman–Crippen MR) is 131 cm³/mol. The van der Waals surface area contributed by atoms with Gasteiger partial charge in [-0.25, -0.2) is 13.4 Å². The summed E-state index contributed by atoms with van der Waals surface area (Å²) in [6, 6.07) is 12.8. The standard InChI is InChI=1S/C24H24Cl2N4O3S/c1-29-14-22(27-15-29)34(32,33)30-10-8-24(9-11-30)19-5-3-2-4-16(19)12-21(24)28-23(31)18-7-6-17(25)13-20(18)26/h2-7,13-15,21H,8-12H2,1H3,(H,28,31)/t21-/m1/s1. The van der Waals surface area contributed by atoms with Crippen LogP contribution < -0.4 is 5.32 Å². The summed E-state index contributed by atoms with van der Waals surface area (Å²) in [5.41, 5.74) is 2.36. The Labute approximate surface area is 208 Å². The Morgan fingerprint density at radius 1 is 1.15 bits per heavy atom. The number of halogens is 2. The highest BCUT2D eigenvalue weighted by Gasteiger charge is 2.50. The van der Waals surface area contributed by atoms with Crippen LogP contribution in [0.25, 0.3) is 0 Å². The van der Waals surface area contributed by atoms with E-state index in [4.69, 9.17) is 23.2 Å². The average Bonchev–Trinajstić information content (AvgIpc) is 3.37. The lowest BCUT2D eigenvalue weighted by Crippen LogP contribution is -2.54. The smallest absolute Gasteiger partial charge is 0.262 e. The van der Waals surface area contributed by atoms with Crippen LogP contribution in [-0.4, -0.2) is 47.3 Å². The minimum absolute atomic E-state index is 0.0556. The molecule has 3 aromatic rings.